The second-order valence-electron chi connectivity index (χ2n) is 9.62. The van der Waals surface area contributed by atoms with Gasteiger partial charge >= 0.3 is 0 Å². The van der Waals surface area contributed by atoms with Gasteiger partial charge in [-0.05, 0) is 55.4 Å². The van der Waals surface area contributed by atoms with Crippen LogP contribution in [0.15, 0.2) is 72.8 Å². The number of rotatable bonds is 7. The van der Waals surface area contributed by atoms with Gasteiger partial charge in [-0.2, -0.15) is 0 Å². The van der Waals surface area contributed by atoms with E-state index in [4.69, 9.17) is 0 Å². The van der Waals surface area contributed by atoms with Gasteiger partial charge in [-0.3, -0.25) is 14.4 Å². The lowest BCUT2D eigenvalue weighted by molar-refractivity contribution is -0.110. The number of hydrogen-bond donors (Lipinski definition) is 3. The molecule has 2 aliphatic heterocycles. The van der Waals surface area contributed by atoms with Gasteiger partial charge in [0.05, 0.1) is 11.3 Å². The molecular weight excluding hydrogens is 490 g/mol. The summed E-state index contributed by atoms with van der Waals surface area (Å²) in [5.41, 5.74) is 5.19. The highest BCUT2D eigenvalue weighted by atomic mass is 16.2. The molecule has 2 heterocycles. The van der Waals surface area contributed by atoms with Crippen LogP contribution in [-0.2, 0) is 4.79 Å². The lowest BCUT2D eigenvalue weighted by Crippen LogP contribution is -2.48. The van der Waals surface area contributed by atoms with Crippen LogP contribution < -0.4 is 16.0 Å². The molecule has 0 aliphatic carbocycles. The lowest BCUT2D eigenvalue weighted by atomic mass is 9.98. The quantitative estimate of drug-likeness (QED) is 0.405. The molecule has 0 radical (unpaired) electrons. The highest BCUT2D eigenvalue weighted by molar-refractivity contribution is 6.37. The Labute approximate surface area is 228 Å². The van der Waals surface area contributed by atoms with E-state index in [1.807, 2.05) is 66.4 Å². The van der Waals surface area contributed by atoms with Crippen molar-refractivity contribution in [1.82, 2.24) is 15.1 Å². The number of anilines is 2. The maximum Gasteiger partial charge on any atom is 0.258 e. The molecule has 2 aliphatic rings. The Balaban J connectivity index is 1.44. The van der Waals surface area contributed by atoms with Crippen LogP contribution in [0, 0.1) is 0 Å². The van der Waals surface area contributed by atoms with E-state index in [2.05, 4.69) is 27.8 Å². The Kier molecular flexibility index (Phi) is 7.74. The monoisotopic (exact) mass is 523 g/mol. The minimum absolute atomic E-state index is 0.0333. The molecule has 200 valence electrons. The average molecular weight is 524 g/mol. The Morgan fingerprint density at radius 2 is 1.54 bits per heavy atom. The zero-order chi connectivity index (χ0) is 27.4. The normalized spacial score (nSPS) is 16.4. The van der Waals surface area contributed by atoms with Crippen LogP contribution in [-0.4, -0.2) is 66.8 Å². The molecule has 8 heteroatoms. The first-order valence-electron chi connectivity index (χ1n) is 13.4. The summed E-state index contributed by atoms with van der Waals surface area (Å²) < 4.78 is 0. The van der Waals surface area contributed by atoms with E-state index in [9.17, 15) is 14.4 Å². The van der Waals surface area contributed by atoms with Gasteiger partial charge < -0.3 is 25.8 Å². The van der Waals surface area contributed by atoms with Crippen molar-refractivity contribution in [2.75, 3.05) is 49.9 Å². The summed E-state index contributed by atoms with van der Waals surface area (Å²) in [6.07, 6.45) is 0. The number of carbonyl (C=O) groups is 3. The summed E-state index contributed by atoms with van der Waals surface area (Å²) in [5.74, 6) is -0.399. The van der Waals surface area contributed by atoms with Crippen LogP contribution >= 0.6 is 0 Å². The maximum atomic E-state index is 13.2. The molecule has 0 bridgehead atoms. The molecule has 0 saturated carbocycles. The third-order valence-corrected chi connectivity index (χ3v) is 7.18. The topological polar surface area (TPSA) is 93.8 Å². The van der Waals surface area contributed by atoms with Crippen LogP contribution in [0.2, 0.25) is 0 Å². The summed E-state index contributed by atoms with van der Waals surface area (Å²) in [7, 11) is 0. The van der Waals surface area contributed by atoms with E-state index < -0.39 is 0 Å². The molecule has 1 saturated heterocycles. The van der Waals surface area contributed by atoms with Crippen LogP contribution in [0.3, 0.4) is 0 Å². The predicted octanol–water partition coefficient (Wildman–Crippen LogP) is 4.15. The van der Waals surface area contributed by atoms with E-state index in [-0.39, 0.29) is 17.7 Å². The van der Waals surface area contributed by atoms with E-state index in [1.165, 1.54) is 0 Å². The van der Waals surface area contributed by atoms with Gasteiger partial charge in [0.15, 0.2) is 0 Å². The Bertz CT molecular complexity index is 1410. The van der Waals surface area contributed by atoms with Gasteiger partial charge in [0.1, 0.15) is 0 Å². The number of nitrogens with one attached hydrogen (secondary N) is 3. The zero-order valence-corrected chi connectivity index (χ0v) is 22.3. The van der Waals surface area contributed by atoms with Crippen LogP contribution in [0.5, 0.6) is 0 Å². The molecule has 3 aromatic rings. The molecule has 8 nitrogen and oxygen atoms in total. The van der Waals surface area contributed by atoms with Gasteiger partial charge in [0.2, 0.25) is 0 Å². The molecule has 0 unspecified atom stereocenters. The van der Waals surface area contributed by atoms with Crippen molar-refractivity contribution in [3.8, 4) is 0 Å². The fourth-order valence-electron chi connectivity index (χ4n) is 5.00. The average Bonchev–Trinajstić information content (AvgIpc) is 3.31. The van der Waals surface area contributed by atoms with Crippen molar-refractivity contribution in [2.24, 2.45) is 0 Å². The Hall–Kier alpha value is -4.43. The fourth-order valence-corrected chi connectivity index (χ4v) is 5.00. The number of piperazine rings is 1. The van der Waals surface area contributed by atoms with Gasteiger partial charge in [-0.15, -0.1) is 0 Å². The van der Waals surface area contributed by atoms with Gasteiger partial charge in [-0.1, -0.05) is 43.3 Å². The molecule has 1 fully saturated rings. The Morgan fingerprint density at radius 1 is 0.846 bits per heavy atom. The van der Waals surface area contributed by atoms with Crippen molar-refractivity contribution in [2.45, 2.75) is 13.8 Å². The number of nitrogens with zero attached hydrogens (tertiary/aromatic N) is 2. The number of hydrogen-bond acceptors (Lipinski definition) is 5. The molecule has 0 atom stereocenters. The minimum Gasteiger partial charge on any atom is -0.354 e. The smallest absolute Gasteiger partial charge is 0.258 e. The lowest BCUT2D eigenvalue weighted by Gasteiger charge is -2.34. The van der Waals surface area contributed by atoms with Crippen molar-refractivity contribution in [1.29, 1.82) is 0 Å². The standard InChI is InChI=1S/C31H33N5O3/c1-3-32-29(37)23-12-15-25-26(20-23)34-30(38)27(25)28(21-8-6-5-7-9-21)33-24-13-10-22(11-14-24)31(39)36-18-16-35(4-2)17-19-36/h5-15,20,33H,3-4,16-19H2,1-2H3,(H,32,37)(H,34,38). The van der Waals surface area contributed by atoms with E-state index >= 15 is 0 Å². The second kappa shape index (κ2) is 11.5. The number of amides is 3. The molecule has 3 aromatic carbocycles. The highest BCUT2D eigenvalue weighted by Gasteiger charge is 2.29. The third kappa shape index (κ3) is 5.56. The number of carbonyl (C=O) groups excluding carboxylic acids is 3. The van der Waals surface area contributed by atoms with Gasteiger partial charge in [0.25, 0.3) is 17.7 Å². The fraction of sp³-hybridized carbons (Fsp3) is 0.258. The van der Waals surface area contributed by atoms with E-state index in [0.29, 0.717) is 34.6 Å². The van der Waals surface area contributed by atoms with Crippen molar-refractivity contribution in [3.05, 3.63) is 95.1 Å². The first kappa shape index (κ1) is 26.2. The molecule has 3 amide bonds. The van der Waals surface area contributed by atoms with Crippen molar-refractivity contribution >= 4 is 40.4 Å². The predicted molar refractivity (Wildman–Crippen MR) is 154 cm³/mol. The molecule has 5 rings (SSSR count). The Morgan fingerprint density at radius 3 is 2.21 bits per heavy atom. The SMILES string of the molecule is CCNC(=O)c1ccc2c(c1)NC(=O)C2=C(Nc1ccc(C(=O)N2CCN(CC)CC2)cc1)c1ccccc1. The zero-order valence-electron chi connectivity index (χ0n) is 22.3. The summed E-state index contributed by atoms with van der Waals surface area (Å²) in [6.45, 7) is 8.77. The van der Waals surface area contributed by atoms with E-state index in [0.717, 1.165) is 49.5 Å². The highest BCUT2D eigenvalue weighted by Crippen LogP contribution is 2.38. The van der Waals surface area contributed by atoms with Crippen molar-refractivity contribution in [3.63, 3.8) is 0 Å². The first-order valence-corrected chi connectivity index (χ1v) is 13.4. The second-order valence-corrected chi connectivity index (χ2v) is 9.62. The third-order valence-electron chi connectivity index (χ3n) is 7.18. The maximum absolute atomic E-state index is 13.2. The summed E-state index contributed by atoms with van der Waals surface area (Å²) in [6, 6.07) is 22.3. The number of likely N-dealkylation sites (N-methyl/N-ethyl adjacent to an activating group) is 1. The van der Waals surface area contributed by atoms with Gasteiger partial charge in [-0.25, -0.2) is 0 Å². The first-order chi connectivity index (χ1) is 19.0. The molecule has 3 N–H and O–H groups in total. The molecular formula is C31H33N5O3. The van der Waals surface area contributed by atoms with Crippen molar-refractivity contribution < 1.29 is 14.4 Å². The molecule has 39 heavy (non-hydrogen) atoms. The summed E-state index contributed by atoms with van der Waals surface area (Å²) >= 11 is 0. The largest absolute Gasteiger partial charge is 0.354 e. The summed E-state index contributed by atoms with van der Waals surface area (Å²) in [5, 5.41) is 9.14. The summed E-state index contributed by atoms with van der Waals surface area (Å²) in [4.78, 5) is 42.9. The molecule has 0 aromatic heterocycles. The minimum atomic E-state index is -0.248. The van der Waals surface area contributed by atoms with Gasteiger partial charge in [0, 0.05) is 60.8 Å². The van der Waals surface area contributed by atoms with Crippen LogP contribution in [0.25, 0.3) is 11.3 Å². The van der Waals surface area contributed by atoms with E-state index in [1.54, 1.807) is 18.2 Å². The number of benzene rings is 3. The number of fused-ring (bicyclic) bond motifs is 1. The molecule has 0 spiro atoms. The van der Waals surface area contributed by atoms with Crippen LogP contribution in [0.4, 0.5) is 11.4 Å². The van der Waals surface area contributed by atoms with Crippen LogP contribution in [0.1, 0.15) is 45.7 Å².